The van der Waals surface area contributed by atoms with E-state index in [1.165, 1.54) is 6.42 Å². The summed E-state index contributed by atoms with van der Waals surface area (Å²) >= 11 is 1.75. The van der Waals surface area contributed by atoms with E-state index in [4.69, 9.17) is 5.73 Å². The van der Waals surface area contributed by atoms with Gasteiger partial charge >= 0.3 is 0 Å². The highest BCUT2D eigenvalue weighted by molar-refractivity contribution is 8.01. The van der Waals surface area contributed by atoms with Gasteiger partial charge in [-0.2, -0.15) is 0 Å². The third-order valence-electron chi connectivity index (χ3n) is 4.07. The van der Waals surface area contributed by atoms with Gasteiger partial charge in [0.15, 0.2) is 0 Å². The van der Waals surface area contributed by atoms with Gasteiger partial charge in [-0.1, -0.05) is 20.8 Å². The van der Waals surface area contributed by atoms with E-state index in [0.29, 0.717) is 29.5 Å². The highest BCUT2D eigenvalue weighted by atomic mass is 32.2. The number of fused-ring (bicyclic) bond motifs is 1. The number of hydrogen-bond acceptors (Lipinski definition) is 3. The van der Waals surface area contributed by atoms with Gasteiger partial charge < -0.3 is 10.6 Å². The zero-order valence-electron chi connectivity index (χ0n) is 11.8. The Labute approximate surface area is 115 Å². The lowest BCUT2D eigenvalue weighted by atomic mass is 9.79. The van der Waals surface area contributed by atoms with Crippen LogP contribution in [-0.4, -0.2) is 40.4 Å². The molecule has 2 fully saturated rings. The summed E-state index contributed by atoms with van der Waals surface area (Å²) in [6, 6.07) is 0.366. The summed E-state index contributed by atoms with van der Waals surface area (Å²) in [5, 5.41) is 0. The Morgan fingerprint density at radius 3 is 2.61 bits per heavy atom. The van der Waals surface area contributed by atoms with E-state index >= 15 is 0 Å². The highest BCUT2D eigenvalue weighted by Gasteiger charge is 2.38. The minimum atomic E-state index is 0.171. The van der Waals surface area contributed by atoms with Gasteiger partial charge in [-0.3, -0.25) is 4.79 Å². The molecule has 0 aromatic rings. The number of thioether (sulfide) groups is 1. The van der Waals surface area contributed by atoms with Crippen LogP contribution in [0.4, 0.5) is 0 Å². The molecule has 1 aliphatic heterocycles. The van der Waals surface area contributed by atoms with Crippen LogP contribution < -0.4 is 5.73 Å². The van der Waals surface area contributed by atoms with Crippen molar-refractivity contribution in [3.63, 3.8) is 0 Å². The van der Waals surface area contributed by atoms with Gasteiger partial charge in [0.2, 0.25) is 5.91 Å². The summed E-state index contributed by atoms with van der Waals surface area (Å²) < 4.78 is 0.171. The largest absolute Gasteiger partial charge is 0.341 e. The average molecular weight is 270 g/mol. The van der Waals surface area contributed by atoms with Crippen LogP contribution in [0.2, 0.25) is 0 Å². The quantitative estimate of drug-likeness (QED) is 0.836. The molecule has 1 heterocycles. The van der Waals surface area contributed by atoms with E-state index in [1.807, 2.05) is 0 Å². The van der Waals surface area contributed by atoms with Gasteiger partial charge in [0.25, 0.3) is 0 Å². The van der Waals surface area contributed by atoms with Gasteiger partial charge in [-0.25, -0.2) is 0 Å². The first kappa shape index (κ1) is 14.2. The zero-order valence-corrected chi connectivity index (χ0v) is 12.6. The third-order valence-corrected chi connectivity index (χ3v) is 5.33. The number of nitrogens with zero attached hydrogens (tertiary/aromatic N) is 1. The summed E-state index contributed by atoms with van der Waals surface area (Å²) in [7, 11) is 0. The minimum absolute atomic E-state index is 0.171. The van der Waals surface area contributed by atoms with Crippen LogP contribution in [0.5, 0.6) is 0 Å². The summed E-state index contributed by atoms with van der Waals surface area (Å²) in [6.45, 7) is 8.40. The predicted molar refractivity (Wildman–Crippen MR) is 77.6 cm³/mol. The van der Waals surface area contributed by atoms with E-state index in [2.05, 4.69) is 25.7 Å². The molecule has 4 heteroatoms. The number of rotatable bonds is 2. The molecule has 0 aromatic heterocycles. The van der Waals surface area contributed by atoms with Gasteiger partial charge in [-0.05, 0) is 31.1 Å². The zero-order chi connectivity index (χ0) is 13.3. The summed E-state index contributed by atoms with van der Waals surface area (Å²) in [4.78, 5) is 14.3. The molecule has 1 unspecified atom stereocenters. The van der Waals surface area contributed by atoms with Crippen LogP contribution in [0.1, 0.15) is 40.0 Å². The van der Waals surface area contributed by atoms with Crippen molar-refractivity contribution in [2.45, 2.75) is 50.8 Å². The first-order valence-electron chi connectivity index (χ1n) is 7.02. The minimum Gasteiger partial charge on any atom is -0.341 e. The SMILES string of the molecule is CC(C)(C)SCC(=O)N1C[C@H]2CC(N)CC[C@H]2C1. The van der Waals surface area contributed by atoms with Crippen molar-refractivity contribution < 1.29 is 4.79 Å². The molecule has 18 heavy (non-hydrogen) atoms. The Kier molecular flexibility index (Phi) is 4.27. The Hall–Kier alpha value is -0.220. The fourth-order valence-electron chi connectivity index (χ4n) is 3.04. The van der Waals surface area contributed by atoms with Crippen LogP contribution in [0, 0.1) is 11.8 Å². The van der Waals surface area contributed by atoms with Crippen molar-refractivity contribution in [1.82, 2.24) is 4.90 Å². The average Bonchev–Trinajstić information content (AvgIpc) is 2.67. The molecule has 0 spiro atoms. The topological polar surface area (TPSA) is 46.3 Å². The highest BCUT2D eigenvalue weighted by Crippen LogP contribution is 2.36. The lowest BCUT2D eigenvalue weighted by Gasteiger charge is -2.27. The van der Waals surface area contributed by atoms with Crippen molar-refractivity contribution in [1.29, 1.82) is 0 Å². The second-order valence-corrected chi connectivity index (χ2v) is 8.60. The molecular weight excluding hydrogens is 244 g/mol. The van der Waals surface area contributed by atoms with Crippen LogP contribution >= 0.6 is 11.8 Å². The Balaban J connectivity index is 1.83. The van der Waals surface area contributed by atoms with Crippen molar-refractivity contribution >= 4 is 17.7 Å². The van der Waals surface area contributed by atoms with Crippen molar-refractivity contribution in [3.8, 4) is 0 Å². The Morgan fingerprint density at radius 2 is 1.94 bits per heavy atom. The molecule has 104 valence electrons. The maximum atomic E-state index is 12.2. The molecule has 1 aliphatic carbocycles. The fraction of sp³-hybridized carbons (Fsp3) is 0.929. The molecule has 3 nitrogen and oxygen atoms in total. The summed E-state index contributed by atoms with van der Waals surface area (Å²) in [5.41, 5.74) is 6.02. The first-order valence-corrected chi connectivity index (χ1v) is 8.01. The lowest BCUT2D eigenvalue weighted by molar-refractivity contribution is -0.127. The van der Waals surface area contributed by atoms with E-state index in [9.17, 15) is 4.79 Å². The number of carbonyl (C=O) groups is 1. The number of likely N-dealkylation sites (tertiary alicyclic amines) is 1. The van der Waals surface area contributed by atoms with Crippen LogP contribution in [-0.2, 0) is 4.79 Å². The monoisotopic (exact) mass is 270 g/mol. The molecular formula is C14H26N2OS. The normalized spacial score (nSPS) is 32.4. The molecule has 2 aliphatic rings. The molecule has 2 N–H and O–H groups in total. The molecule has 0 bridgehead atoms. The molecule has 1 amide bonds. The lowest BCUT2D eigenvalue weighted by Crippen LogP contribution is -2.32. The predicted octanol–water partition coefficient (Wildman–Crippen LogP) is 2.10. The van der Waals surface area contributed by atoms with Crippen LogP contribution in [0.25, 0.3) is 0 Å². The molecule has 1 saturated heterocycles. The fourth-order valence-corrected chi connectivity index (χ4v) is 3.78. The van der Waals surface area contributed by atoms with Gasteiger partial charge in [0.1, 0.15) is 0 Å². The summed E-state index contributed by atoms with van der Waals surface area (Å²) in [6.07, 6.45) is 3.46. The van der Waals surface area contributed by atoms with Crippen molar-refractivity contribution in [2.24, 2.45) is 17.6 Å². The number of carbonyl (C=O) groups excluding carboxylic acids is 1. The van der Waals surface area contributed by atoms with E-state index in [1.54, 1.807) is 11.8 Å². The third kappa shape index (κ3) is 3.64. The maximum absolute atomic E-state index is 12.2. The van der Waals surface area contributed by atoms with E-state index in [0.717, 1.165) is 25.9 Å². The standard InChI is InChI=1S/C14H26N2OS/c1-14(2,3)18-9-13(17)16-7-10-4-5-12(15)6-11(10)8-16/h10-12H,4-9,15H2,1-3H3/t10-,11+,12?/m0/s1. The summed E-state index contributed by atoms with van der Waals surface area (Å²) in [5.74, 6) is 2.32. The second-order valence-electron chi connectivity index (χ2n) is 6.79. The van der Waals surface area contributed by atoms with E-state index in [-0.39, 0.29) is 4.75 Å². The molecule has 2 rings (SSSR count). The Bertz CT molecular complexity index is 313. The molecule has 1 saturated carbocycles. The second kappa shape index (κ2) is 5.41. The van der Waals surface area contributed by atoms with Gasteiger partial charge in [0, 0.05) is 23.9 Å². The van der Waals surface area contributed by atoms with Crippen molar-refractivity contribution in [2.75, 3.05) is 18.8 Å². The number of nitrogens with two attached hydrogens (primary N) is 1. The van der Waals surface area contributed by atoms with Crippen molar-refractivity contribution in [3.05, 3.63) is 0 Å². The molecule has 0 aromatic carbocycles. The van der Waals surface area contributed by atoms with E-state index < -0.39 is 0 Å². The molecule has 0 radical (unpaired) electrons. The van der Waals surface area contributed by atoms with Crippen LogP contribution in [0.3, 0.4) is 0 Å². The van der Waals surface area contributed by atoms with Gasteiger partial charge in [0.05, 0.1) is 5.75 Å². The molecule has 3 atom stereocenters. The number of hydrogen-bond donors (Lipinski definition) is 1. The Morgan fingerprint density at radius 1 is 1.28 bits per heavy atom. The smallest absolute Gasteiger partial charge is 0.232 e. The number of amides is 1. The first-order chi connectivity index (χ1) is 8.35. The maximum Gasteiger partial charge on any atom is 0.232 e. The van der Waals surface area contributed by atoms with Crippen LogP contribution in [0.15, 0.2) is 0 Å². The van der Waals surface area contributed by atoms with Gasteiger partial charge in [-0.15, -0.1) is 11.8 Å².